The van der Waals surface area contributed by atoms with Crippen LogP contribution in [0.3, 0.4) is 0 Å². The summed E-state index contributed by atoms with van der Waals surface area (Å²) in [5, 5.41) is 0. The number of methoxy groups -OCH3 is 1. The minimum absolute atomic E-state index is 0.0372. The first-order valence-electron chi connectivity index (χ1n) is 5.56. The second kappa shape index (κ2) is 2.99. The van der Waals surface area contributed by atoms with Gasteiger partial charge in [-0.1, -0.05) is 6.07 Å². The Balaban J connectivity index is 2.11. The van der Waals surface area contributed by atoms with Gasteiger partial charge in [0.05, 0.1) is 18.8 Å². The standard InChI is InChI=1S/C13H16O2/c1-13-6-5-11(15-13)8-9-7-10(14-2)3-4-12(9)13/h3-4,7,11H,5-6,8H2,1-2H3. The topological polar surface area (TPSA) is 18.5 Å². The minimum atomic E-state index is -0.0372. The predicted octanol–water partition coefficient (Wildman–Crippen LogP) is 2.65. The van der Waals surface area contributed by atoms with E-state index in [4.69, 9.17) is 9.47 Å². The quantitative estimate of drug-likeness (QED) is 0.700. The van der Waals surface area contributed by atoms with Crippen molar-refractivity contribution in [2.24, 2.45) is 0 Å². The van der Waals surface area contributed by atoms with E-state index >= 15 is 0 Å². The molecule has 1 aromatic carbocycles. The van der Waals surface area contributed by atoms with E-state index in [1.165, 1.54) is 17.5 Å². The van der Waals surface area contributed by atoms with Crippen LogP contribution in [0.4, 0.5) is 0 Å². The Hall–Kier alpha value is -1.02. The third-order valence-electron chi connectivity index (χ3n) is 3.70. The van der Waals surface area contributed by atoms with E-state index in [-0.39, 0.29) is 5.60 Å². The highest BCUT2D eigenvalue weighted by Gasteiger charge is 2.42. The zero-order chi connectivity index (χ0) is 10.5. The maximum Gasteiger partial charge on any atom is 0.119 e. The molecule has 2 atom stereocenters. The highest BCUT2D eigenvalue weighted by Crippen LogP contribution is 2.46. The fourth-order valence-electron chi connectivity index (χ4n) is 2.89. The fraction of sp³-hybridized carbons (Fsp3) is 0.538. The Bertz CT molecular complexity index is 400. The molecule has 0 aliphatic carbocycles. The molecule has 2 aliphatic heterocycles. The highest BCUT2D eigenvalue weighted by atomic mass is 16.5. The molecular weight excluding hydrogens is 188 g/mol. The third kappa shape index (κ3) is 1.28. The Morgan fingerprint density at radius 1 is 1.47 bits per heavy atom. The SMILES string of the molecule is COc1ccc2c(c1)CC1CCC2(C)O1. The molecule has 2 nitrogen and oxygen atoms in total. The normalized spacial score (nSPS) is 32.5. The van der Waals surface area contributed by atoms with E-state index in [9.17, 15) is 0 Å². The van der Waals surface area contributed by atoms with Gasteiger partial charge < -0.3 is 9.47 Å². The molecule has 2 bridgehead atoms. The molecule has 0 amide bonds. The summed E-state index contributed by atoms with van der Waals surface area (Å²) in [6.45, 7) is 2.21. The number of hydrogen-bond acceptors (Lipinski definition) is 2. The summed E-state index contributed by atoms with van der Waals surface area (Å²) in [4.78, 5) is 0. The smallest absolute Gasteiger partial charge is 0.119 e. The maximum atomic E-state index is 6.04. The molecule has 2 heterocycles. The number of rotatable bonds is 1. The highest BCUT2D eigenvalue weighted by molar-refractivity contribution is 5.41. The monoisotopic (exact) mass is 204 g/mol. The van der Waals surface area contributed by atoms with Crippen LogP contribution in [0, 0.1) is 0 Å². The van der Waals surface area contributed by atoms with Gasteiger partial charge in [-0.05, 0) is 49.4 Å². The second-order valence-electron chi connectivity index (χ2n) is 4.74. The van der Waals surface area contributed by atoms with Crippen LogP contribution in [-0.2, 0) is 16.8 Å². The number of hydrogen-bond donors (Lipinski definition) is 0. The average Bonchev–Trinajstić information content (AvgIpc) is 2.55. The van der Waals surface area contributed by atoms with Crippen molar-refractivity contribution < 1.29 is 9.47 Å². The summed E-state index contributed by atoms with van der Waals surface area (Å²) < 4.78 is 11.3. The lowest BCUT2D eigenvalue weighted by Crippen LogP contribution is -2.29. The molecule has 1 saturated heterocycles. The van der Waals surface area contributed by atoms with Gasteiger partial charge in [0, 0.05) is 0 Å². The zero-order valence-electron chi connectivity index (χ0n) is 9.25. The lowest BCUT2D eigenvalue weighted by atomic mass is 9.89. The number of fused-ring (bicyclic) bond motifs is 4. The van der Waals surface area contributed by atoms with Crippen molar-refractivity contribution in [3.63, 3.8) is 0 Å². The fourth-order valence-corrected chi connectivity index (χ4v) is 2.89. The lowest BCUT2D eigenvalue weighted by Gasteiger charge is -2.32. The first-order valence-corrected chi connectivity index (χ1v) is 5.56. The second-order valence-corrected chi connectivity index (χ2v) is 4.74. The summed E-state index contributed by atoms with van der Waals surface area (Å²) >= 11 is 0. The van der Waals surface area contributed by atoms with E-state index in [1.807, 2.05) is 6.07 Å². The first kappa shape index (κ1) is 9.22. The van der Waals surface area contributed by atoms with Crippen molar-refractivity contribution in [2.45, 2.75) is 37.9 Å². The molecule has 0 aromatic heterocycles. The molecule has 0 N–H and O–H groups in total. The largest absolute Gasteiger partial charge is 0.497 e. The molecule has 2 aliphatic rings. The van der Waals surface area contributed by atoms with Crippen molar-refractivity contribution in [3.05, 3.63) is 29.3 Å². The van der Waals surface area contributed by atoms with Gasteiger partial charge in [0.2, 0.25) is 0 Å². The number of ether oxygens (including phenoxy) is 2. The summed E-state index contributed by atoms with van der Waals surface area (Å²) in [7, 11) is 1.72. The lowest BCUT2D eigenvalue weighted by molar-refractivity contribution is -0.0438. The van der Waals surface area contributed by atoms with Crippen LogP contribution in [0.2, 0.25) is 0 Å². The zero-order valence-corrected chi connectivity index (χ0v) is 9.25. The van der Waals surface area contributed by atoms with Gasteiger partial charge in [-0.3, -0.25) is 0 Å². The predicted molar refractivity (Wildman–Crippen MR) is 58.2 cm³/mol. The Labute approximate surface area is 90.2 Å². The minimum Gasteiger partial charge on any atom is -0.497 e. The van der Waals surface area contributed by atoms with Crippen LogP contribution < -0.4 is 4.74 Å². The van der Waals surface area contributed by atoms with Crippen molar-refractivity contribution in [1.82, 2.24) is 0 Å². The van der Waals surface area contributed by atoms with Gasteiger partial charge in [0.1, 0.15) is 5.75 Å². The van der Waals surface area contributed by atoms with E-state index in [0.29, 0.717) is 6.10 Å². The van der Waals surface area contributed by atoms with Crippen LogP contribution in [-0.4, -0.2) is 13.2 Å². The van der Waals surface area contributed by atoms with Crippen LogP contribution in [0.1, 0.15) is 30.9 Å². The Kier molecular flexibility index (Phi) is 1.84. The molecule has 2 heteroatoms. The summed E-state index contributed by atoms with van der Waals surface area (Å²) in [5.74, 6) is 0.957. The maximum absolute atomic E-state index is 6.04. The molecule has 1 aromatic rings. The Morgan fingerprint density at radius 3 is 3.13 bits per heavy atom. The first-order chi connectivity index (χ1) is 7.21. The van der Waals surface area contributed by atoms with Crippen LogP contribution in [0.15, 0.2) is 18.2 Å². The van der Waals surface area contributed by atoms with E-state index < -0.39 is 0 Å². The molecule has 3 rings (SSSR count). The van der Waals surface area contributed by atoms with Gasteiger partial charge in [0.15, 0.2) is 0 Å². The van der Waals surface area contributed by atoms with Gasteiger partial charge in [-0.2, -0.15) is 0 Å². The van der Waals surface area contributed by atoms with Crippen molar-refractivity contribution in [2.75, 3.05) is 7.11 Å². The van der Waals surface area contributed by atoms with Crippen molar-refractivity contribution in [1.29, 1.82) is 0 Å². The summed E-state index contributed by atoms with van der Waals surface area (Å²) in [5.41, 5.74) is 2.73. The van der Waals surface area contributed by atoms with Crippen LogP contribution >= 0.6 is 0 Å². The summed E-state index contributed by atoms with van der Waals surface area (Å²) in [6.07, 6.45) is 3.81. The molecule has 0 spiro atoms. The van der Waals surface area contributed by atoms with E-state index in [0.717, 1.165) is 18.6 Å². The van der Waals surface area contributed by atoms with Gasteiger partial charge in [0.25, 0.3) is 0 Å². The summed E-state index contributed by atoms with van der Waals surface area (Å²) in [6, 6.07) is 6.36. The average molecular weight is 204 g/mol. The molecule has 15 heavy (non-hydrogen) atoms. The van der Waals surface area contributed by atoms with Gasteiger partial charge in [-0.15, -0.1) is 0 Å². The van der Waals surface area contributed by atoms with Crippen LogP contribution in [0.25, 0.3) is 0 Å². The third-order valence-corrected chi connectivity index (χ3v) is 3.70. The molecular formula is C13H16O2. The van der Waals surface area contributed by atoms with Gasteiger partial charge >= 0.3 is 0 Å². The molecule has 80 valence electrons. The van der Waals surface area contributed by atoms with Crippen molar-refractivity contribution >= 4 is 0 Å². The molecule has 0 radical (unpaired) electrons. The Morgan fingerprint density at radius 2 is 2.33 bits per heavy atom. The van der Waals surface area contributed by atoms with E-state index in [2.05, 4.69) is 19.1 Å². The van der Waals surface area contributed by atoms with Crippen LogP contribution in [0.5, 0.6) is 5.75 Å². The van der Waals surface area contributed by atoms with Crippen molar-refractivity contribution in [3.8, 4) is 5.75 Å². The van der Waals surface area contributed by atoms with E-state index in [1.54, 1.807) is 7.11 Å². The molecule has 2 unspecified atom stereocenters. The number of benzene rings is 1. The molecule has 1 fully saturated rings. The van der Waals surface area contributed by atoms with Gasteiger partial charge in [-0.25, -0.2) is 0 Å². The molecule has 0 saturated carbocycles.